The van der Waals surface area contributed by atoms with Crippen molar-refractivity contribution in [3.8, 4) is 0 Å². The van der Waals surface area contributed by atoms with Crippen LogP contribution in [0.1, 0.15) is 77.0 Å². The minimum absolute atomic E-state index is 0.0131. The normalized spacial score (nSPS) is 15.0. The van der Waals surface area contributed by atoms with Gasteiger partial charge in [0.1, 0.15) is 0 Å². The molecule has 1 aromatic heterocycles. The Morgan fingerprint density at radius 2 is 1.67 bits per heavy atom. The molecule has 174 valence electrons. The largest absolute Gasteiger partial charge is 0.465 e. The Balaban J connectivity index is 2.54. The molecule has 0 aliphatic carbocycles. The van der Waals surface area contributed by atoms with Gasteiger partial charge in [0.25, 0.3) is 0 Å². The summed E-state index contributed by atoms with van der Waals surface area (Å²) in [5, 5.41) is 23.4. The highest BCUT2D eigenvalue weighted by atomic mass is 32.2. The molecule has 10 nitrogen and oxygen atoms in total. The summed E-state index contributed by atoms with van der Waals surface area (Å²) < 4.78 is 33.3. The Bertz CT molecular complexity index is 739. The number of nitrogens with two attached hydrogens (primary N) is 2. The zero-order valence-corrected chi connectivity index (χ0v) is 18.8. The third kappa shape index (κ3) is 9.50. The number of aromatic nitrogens is 2. The SMILES string of the molecule is CCCCCCCCCc1nnc(CCC(O)C(N)(CS(N)(=O)=O)C(=O)OCC)o1. The van der Waals surface area contributed by atoms with Gasteiger partial charge in [0.2, 0.25) is 21.8 Å². The number of hydrogen-bond acceptors (Lipinski definition) is 9. The van der Waals surface area contributed by atoms with E-state index in [1.807, 2.05) is 0 Å². The van der Waals surface area contributed by atoms with Crippen molar-refractivity contribution in [2.45, 2.75) is 89.7 Å². The van der Waals surface area contributed by atoms with Gasteiger partial charge in [-0.05, 0) is 19.8 Å². The summed E-state index contributed by atoms with van der Waals surface area (Å²) in [4.78, 5) is 12.2. The van der Waals surface area contributed by atoms with E-state index in [4.69, 9.17) is 20.0 Å². The third-order valence-corrected chi connectivity index (χ3v) is 5.70. The van der Waals surface area contributed by atoms with Crippen LogP contribution in [0.5, 0.6) is 0 Å². The lowest BCUT2D eigenvalue weighted by Gasteiger charge is -2.30. The number of aryl methyl sites for hydroxylation is 2. The monoisotopic (exact) mass is 448 g/mol. The zero-order valence-electron chi connectivity index (χ0n) is 18.0. The summed E-state index contributed by atoms with van der Waals surface area (Å²) in [6, 6.07) is 0. The molecule has 5 N–H and O–H groups in total. The Hall–Kier alpha value is -1.56. The molecule has 30 heavy (non-hydrogen) atoms. The van der Waals surface area contributed by atoms with Crippen molar-refractivity contribution in [3.05, 3.63) is 11.8 Å². The number of nitrogens with zero attached hydrogens (tertiary/aromatic N) is 2. The van der Waals surface area contributed by atoms with E-state index in [0.717, 1.165) is 12.8 Å². The number of ether oxygens (including phenoxy) is 1. The molecule has 0 aromatic carbocycles. The number of unbranched alkanes of at least 4 members (excludes halogenated alkanes) is 6. The van der Waals surface area contributed by atoms with Crippen LogP contribution in [-0.2, 0) is 32.4 Å². The van der Waals surface area contributed by atoms with E-state index in [1.165, 1.54) is 32.1 Å². The van der Waals surface area contributed by atoms with Gasteiger partial charge in [0.15, 0.2) is 5.54 Å². The van der Waals surface area contributed by atoms with Crippen molar-refractivity contribution in [3.63, 3.8) is 0 Å². The van der Waals surface area contributed by atoms with Gasteiger partial charge in [-0.2, -0.15) is 0 Å². The predicted octanol–water partition coefficient (Wildman–Crippen LogP) is 1.21. The molecule has 2 unspecified atom stereocenters. The highest BCUT2D eigenvalue weighted by Gasteiger charge is 2.46. The minimum atomic E-state index is -4.13. The van der Waals surface area contributed by atoms with Crippen molar-refractivity contribution in [2.24, 2.45) is 10.9 Å². The fraction of sp³-hybridized carbons (Fsp3) is 0.842. The summed E-state index contributed by atoms with van der Waals surface area (Å²) in [5.41, 5.74) is 3.72. The number of primary sulfonamides is 1. The predicted molar refractivity (Wildman–Crippen MR) is 112 cm³/mol. The van der Waals surface area contributed by atoms with Crippen LogP contribution in [0.25, 0.3) is 0 Å². The lowest BCUT2D eigenvalue weighted by molar-refractivity contribution is -0.153. The van der Waals surface area contributed by atoms with Gasteiger partial charge in [-0.1, -0.05) is 45.4 Å². The summed E-state index contributed by atoms with van der Waals surface area (Å²) >= 11 is 0. The molecular formula is C19H36N4O6S. The first-order chi connectivity index (χ1) is 14.1. The van der Waals surface area contributed by atoms with Crippen LogP contribution in [0.15, 0.2) is 4.42 Å². The Morgan fingerprint density at radius 1 is 1.10 bits per heavy atom. The number of hydrogen-bond donors (Lipinski definition) is 3. The number of carbonyl (C=O) groups excluding carboxylic acids is 1. The topological polar surface area (TPSA) is 172 Å². The lowest BCUT2D eigenvalue weighted by Crippen LogP contribution is -2.63. The summed E-state index contributed by atoms with van der Waals surface area (Å²) in [7, 11) is -4.13. The maximum atomic E-state index is 12.2. The number of esters is 1. The Morgan fingerprint density at radius 3 is 2.23 bits per heavy atom. The molecule has 0 amide bonds. The van der Waals surface area contributed by atoms with Gasteiger partial charge in [0, 0.05) is 12.8 Å². The molecule has 0 bridgehead atoms. The molecule has 2 atom stereocenters. The zero-order chi connectivity index (χ0) is 22.6. The van der Waals surface area contributed by atoms with Crippen LogP contribution < -0.4 is 10.9 Å². The van der Waals surface area contributed by atoms with Crippen LogP contribution in [0.2, 0.25) is 0 Å². The molecule has 1 heterocycles. The van der Waals surface area contributed by atoms with E-state index in [1.54, 1.807) is 6.92 Å². The van der Waals surface area contributed by atoms with Crippen molar-refractivity contribution in [1.29, 1.82) is 0 Å². The van der Waals surface area contributed by atoms with E-state index in [9.17, 15) is 18.3 Å². The average Bonchev–Trinajstić information content (AvgIpc) is 3.12. The number of sulfonamides is 1. The van der Waals surface area contributed by atoms with Gasteiger partial charge in [-0.3, -0.25) is 0 Å². The first kappa shape index (κ1) is 26.5. The Kier molecular flexibility index (Phi) is 11.5. The van der Waals surface area contributed by atoms with Crippen molar-refractivity contribution < 1.29 is 27.5 Å². The summed E-state index contributed by atoms with van der Waals surface area (Å²) in [6.45, 7) is 3.73. The van der Waals surface area contributed by atoms with Crippen LogP contribution in [-0.4, -0.2) is 53.7 Å². The van der Waals surface area contributed by atoms with Gasteiger partial charge >= 0.3 is 5.97 Å². The number of aliphatic hydroxyl groups is 1. The molecule has 0 fully saturated rings. The molecule has 0 saturated carbocycles. The number of rotatable bonds is 16. The molecule has 0 aliphatic rings. The van der Waals surface area contributed by atoms with Gasteiger partial charge < -0.3 is 20.0 Å². The molecular weight excluding hydrogens is 412 g/mol. The average molecular weight is 449 g/mol. The van der Waals surface area contributed by atoms with Crippen molar-refractivity contribution >= 4 is 16.0 Å². The lowest BCUT2D eigenvalue weighted by atomic mass is 9.92. The quantitative estimate of drug-likeness (QED) is 0.248. The molecule has 11 heteroatoms. The number of carbonyl (C=O) groups is 1. The van der Waals surface area contributed by atoms with E-state index in [0.29, 0.717) is 12.3 Å². The second-order valence-corrected chi connectivity index (χ2v) is 9.20. The maximum absolute atomic E-state index is 12.2. The number of aliphatic hydroxyl groups excluding tert-OH is 1. The smallest absolute Gasteiger partial charge is 0.329 e. The molecule has 0 aliphatic heterocycles. The minimum Gasteiger partial charge on any atom is -0.465 e. The van der Waals surface area contributed by atoms with E-state index >= 15 is 0 Å². The highest BCUT2D eigenvalue weighted by molar-refractivity contribution is 7.89. The molecule has 0 spiro atoms. The fourth-order valence-electron chi connectivity index (χ4n) is 3.13. The molecule has 1 rings (SSSR count). The van der Waals surface area contributed by atoms with Crippen molar-refractivity contribution in [1.82, 2.24) is 10.2 Å². The van der Waals surface area contributed by atoms with Gasteiger partial charge in [0.05, 0.1) is 18.5 Å². The third-order valence-electron chi connectivity index (χ3n) is 4.82. The fourth-order valence-corrected chi connectivity index (χ4v) is 4.11. The van der Waals surface area contributed by atoms with E-state index in [-0.39, 0.29) is 25.3 Å². The highest BCUT2D eigenvalue weighted by Crippen LogP contribution is 2.18. The second-order valence-electron chi connectivity index (χ2n) is 7.58. The first-order valence-electron chi connectivity index (χ1n) is 10.6. The summed E-state index contributed by atoms with van der Waals surface area (Å²) in [6.07, 6.45) is 7.48. The summed E-state index contributed by atoms with van der Waals surface area (Å²) in [5.74, 6) is -1.17. The van der Waals surface area contributed by atoms with Crippen LogP contribution in [0.3, 0.4) is 0 Å². The van der Waals surface area contributed by atoms with Gasteiger partial charge in [-0.25, -0.2) is 18.4 Å². The van der Waals surface area contributed by atoms with Crippen LogP contribution in [0.4, 0.5) is 0 Å². The van der Waals surface area contributed by atoms with Crippen LogP contribution in [0, 0.1) is 0 Å². The first-order valence-corrected chi connectivity index (χ1v) is 12.3. The van der Waals surface area contributed by atoms with E-state index in [2.05, 4.69) is 17.1 Å². The maximum Gasteiger partial charge on any atom is 0.329 e. The van der Waals surface area contributed by atoms with Gasteiger partial charge in [-0.15, -0.1) is 10.2 Å². The molecule has 1 aromatic rings. The Labute approximate surface area is 178 Å². The van der Waals surface area contributed by atoms with Crippen molar-refractivity contribution in [2.75, 3.05) is 12.4 Å². The standard InChI is InChI=1S/C19H36N4O6S/c1-3-5-6-7-8-9-10-11-16-22-23-17(29-16)13-12-15(24)19(20,14-30(21,26)27)18(25)28-4-2/h15,24H,3-14,20H2,1-2H3,(H2,21,26,27). The van der Waals surface area contributed by atoms with Crippen LogP contribution >= 0.6 is 0 Å². The van der Waals surface area contributed by atoms with E-state index < -0.39 is 33.4 Å². The molecule has 0 saturated heterocycles. The second kappa shape index (κ2) is 13.0. The molecule has 0 radical (unpaired) electrons.